The summed E-state index contributed by atoms with van der Waals surface area (Å²) >= 11 is 7.71. The number of aromatic amines is 1. The van der Waals surface area contributed by atoms with E-state index in [2.05, 4.69) is 10.4 Å². The molecule has 4 aromatic rings. The van der Waals surface area contributed by atoms with Crippen LogP contribution in [0.15, 0.2) is 76.1 Å². The summed E-state index contributed by atoms with van der Waals surface area (Å²) in [4.78, 5) is 9.30. The Kier molecular flexibility index (Phi) is 6.55. The van der Waals surface area contributed by atoms with E-state index in [0.29, 0.717) is 11.1 Å². The maximum atomic E-state index is 13.2. The molecule has 1 fully saturated rings. The van der Waals surface area contributed by atoms with Crippen molar-refractivity contribution in [3.63, 3.8) is 0 Å². The molecule has 0 unspecified atom stereocenters. The Labute approximate surface area is 201 Å². The summed E-state index contributed by atoms with van der Waals surface area (Å²) in [5.41, 5.74) is 4.72. The fraction of sp³-hybridized carbons (Fsp3) is 0.231. The first-order valence-electron chi connectivity index (χ1n) is 11.2. The Morgan fingerprint density at radius 1 is 0.939 bits per heavy atom. The molecule has 2 aromatic carbocycles. The van der Waals surface area contributed by atoms with Crippen molar-refractivity contribution >= 4 is 29.2 Å². The molecule has 168 valence electrons. The molecule has 2 heterocycles. The summed E-state index contributed by atoms with van der Waals surface area (Å²) in [7, 11) is 0. The fourth-order valence-electron chi connectivity index (χ4n) is 4.09. The molecule has 0 atom stereocenters. The third-order valence-corrected chi connectivity index (χ3v) is 6.95. The van der Waals surface area contributed by atoms with Crippen molar-refractivity contribution in [1.29, 1.82) is 0 Å². The van der Waals surface area contributed by atoms with Crippen molar-refractivity contribution in [2.45, 2.75) is 38.1 Å². The number of benzene rings is 2. The van der Waals surface area contributed by atoms with Gasteiger partial charge in [0, 0.05) is 21.7 Å². The van der Waals surface area contributed by atoms with Crippen LogP contribution in [0.5, 0.6) is 0 Å². The summed E-state index contributed by atoms with van der Waals surface area (Å²) in [6.45, 7) is 0. The number of H-pyrrole nitrogens is 1. The molecule has 7 heteroatoms. The highest BCUT2D eigenvalue weighted by atomic mass is 35.5. The molecule has 0 amide bonds. The molecule has 1 N–H and O–H groups in total. The van der Waals surface area contributed by atoms with Crippen LogP contribution >= 0.6 is 22.9 Å². The smallest absolute Gasteiger partial charge is 0.206 e. The first-order valence-corrected chi connectivity index (χ1v) is 12.4. The van der Waals surface area contributed by atoms with E-state index in [1.165, 1.54) is 31.4 Å². The monoisotopic (exact) mass is 478 g/mol. The Morgan fingerprint density at radius 2 is 1.67 bits per heavy atom. The predicted molar refractivity (Wildman–Crippen MR) is 134 cm³/mol. The Balaban J connectivity index is 1.49. The van der Waals surface area contributed by atoms with Crippen LogP contribution in [-0.2, 0) is 0 Å². The topological polar surface area (TPSA) is 45.4 Å². The van der Waals surface area contributed by atoms with Gasteiger partial charge in [0.05, 0.1) is 23.6 Å². The molecule has 0 bridgehead atoms. The van der Waals surface area contributed by atoms with Gasteiger partial charge in [-0.2, -0.15) is 5.10 Å². The standard InChI is InChI=1S/C26H24ClFN4S/c27-20-10-6-19(7-11-20)25-17-33-26(31-22-4-2-1-3-5-22)32(25)29-16-23-14-15-24(30-23)18-8-12-21(28)13-9-18/h6-17,22,30H,1-5H2. The number of aromatic nitrogens is 2. The highest BCUT2D eigenvalue weighted by Gasteiger charge is 2.14. The van der Waals surface area contributed by atoms with E-state index < -0.39 is 0 Å². The lowest BCUT2D eigenvalue weighted by Crippen LogP contribution is -2.19. The van der Waals surface area contributed by atoms with Crippen molar-refractivity contribution in [2.75, 3.05) is 0 Å². The van der Waals surface area contributed by atoms with Crippen LogP contribution in [-0.4, -0.2) is 21.9 Å². The summed E-state index contributed by atoms with van der Waals surface area (Å²) in [5, 5.41) is 7.61. The second kappa shape index (κ2) is 9.89. The predicted octanol–water partition coefficient (Wildman–Crippen LogP) is 7.12. The van der Waals surface area contributed by atoms with Crippen LogP contribution in [0, 0.1) is 5.82 Å². The summed E-state index contributed by atoms with van der Waals surface area (Å²) in [6.07, 6.45) is 7.85. The summed E-state index contributed by atoms with van der Waals surface area (Å²) in [5.74, 6) is -0.245. The molecular formula is C26H24ClFN4S. The zero-order chi connectivity index (χ0) is 22.6. The normalized spacial score (nSPS) is 15.5. The molecule has 1 aliphatic rings. The largest absolute Gasteiger partial charge is 0.354 e. The van der Waals surface area contributed by atoms with Crippen molar-refractivity contribution in [1.82, 2.24) is 9.66 Å². The van der Waals surface area contributed by atoms with Gasteiger partial charge in [-0.25, -0.2) is 9.07 Å². The van der Waals surface area contributed by atoms with E-state index in [1.54, 1.807) is 29.7 Å². The highest BCUT2D eigenvalue weighted by molar-refractivity contribution is 7.07. The maximum absolute atomic E-state index is 13.2. The van der Waals surface area contributed by atoms with E-state index in [0.717, 1.165) is 45.9 Å². The third kappa shape index (κ3) is 5.18. The zero-order valence-electron chi connectivity index (χ0n) is 18.0. The fourth-order valence-corrected chi connectivity index (χ4v) is 5.12. The summed E-state index contributed by atoms with van der Waals surface area (Å²) in [6, 6.07) is 18.5. The molecule has 0 radical (unpaired) electrons. The van der Waals surface area contributed by atoms with Crippen LogP contribution in [0.3, 0.4) is 0 Å². The minimum Gasteiger partial charge on any atom is -0.354 e. The molecule has 1 aliphatic carbocycles. The maximum Gasteiger partial charge on any atom is 0.206 e. The van der Waals surface area contributed by atoms with Gasteiger partial charge in [0.15, 0.2) is 0 Å². The second-order valence-electron chi connectivity index (χ2n) is 8.22. The van der Waals surface area contributed by atoms with Crippen LogP contribution in [0.4, 0.5) is 4.39 Å². The van der Waals surface area contributed by atoms with Crippen LogP contribution in [0.1, 0.15) is 37.8 Å². The summed E-state index contributed by atoms with van der Waals surface area (Å²) < 4.78 is 15.2. The van der Waals surface area contributed by atoms with Gasteiger partial charge in [-0.05, 0) is 66.9 Å². The molecule has 0 spiro atoms. The lowest BCUT2D eigenvalue weighted by molar-refractivity contribution is 0.435. The lowest BCUT2D eigenvalue weighted by Gasteiger charge is -2.16. The van der Waals surface area contributed by atoms with Crippen LogP contribution in [0.25, 0.3) is 22.5 Å². The van der Waals surface area contributed by atoms with E-state index in [1.807, 2.05) is 41.1 Å². The molecule has 2 aromatic heterocycles. The van der Waals surface area contributed by atoms with Gasteiger partial charge in [0.25, 0.3) is 0 Å². The number of nitrogens with zero attached hydrogens (tertiary/aromatic N) is 3. The first-order chi connectivity index (χ1) is 16.2. The average Bonchev–Trinajstić information content (AvgIpc) is 3.47. The van der Waals surface area contributed by atoms with E-state index in [4.69, 9.17) is 21.7 Å². The molecule has 33 heavy (non-hydrogen) atoms. The minimum absolute atomic E-state index is 0.245. The van der Waals surface area contributed by atoms with Gasteiger partial charge >= 0.3 is 0 Å². The number of nitrogens with one attached hydrogen (secondary N) is 1. The number of thiazole rings is 1. The van der Waals surface area contributed by atoms with Gasteiger partial charge in [-0.3, -0.25) is 4.99 Å². The SMILES string of the molecule is Fc1ccc(-c2ccc(C=Nn3c(-c4ccc(Cl)cc4)csc3=NC3CCCCC3)[nH]2)cc1. The van der Waals surface area contributed by atoms with Crippen LogP contribution in [0.2, 0.25) is 5.02 Å². The molecular weight excluding hydrogens is 455 g/mol. The Bertz CT molecular complexity index is 1310. The van der Waals surface area contributed by atoms with Crippen molar-refractivity contribution in [2.24, 2.45) is 10.1 Å². The number of hydrogen-bond acceptors (Lipinski definition) is 3. The van der Waals surface area contributed by atoms with Gasteiger partial charge in [-0.1, -0.05) is 43.0 Å². The van der Waals surface area contributed by atoms with E-state index in [-0.39, 0.29) is 5.82 Å². The quantitative estimate of drug-likeness (QED) is 0.297. The molecule has 4 nitrogen and oxygen atoms in total. The molecule has 0 saturated heterocycles. The van der Waals surface area contributed by atoms with Gasteiger partial charge in [0.1, 0.15) is 5.82 Å². The van der Waals surface area contributed by atoms with Crippen molar-refractivity contribution in [3.8, 4) is 22.5 Å². The minimum atomic E-state index is -0.245. The van der Waals surface area contributed by atoms with Crippen LogP contribution < -0.4 is 4.80 Å². The van der Waals surface area contributed by atoms with E-state index >= 15 is 0 Å². The van der Waals surface area contributed by atoms with Gasteiger partial charge in [0.2, 0.25) is 4.80 Å². The highest BCUT2D eigenvalue weighted by Crippen LogP contribution is 2.24. The van der Waals surface area contributed by atoms with Gasteiger partial charge in [-0.15, -0.1) is 11.3 Å². The zero-order valence-corrected chi connectivity index (χ0v) is 19.6. The van der Waals surface area contributed by atoms with Crippen molar-refractivity contribution < 1.29 is 4.39 Å². The third-order valence-electron chi connectivity index (χ3n) is 5.87. The molecule has 0 aliphatic heterocycles. The number of hydrogen-bond donors (Lipinski definition) is 1. The Hall–Kier alpha value is -2.96. The lowest BCUT2D eigenvalue weighted by atomic mass is 9.96. The van der Waals surface area contributed by atoms with Crippen molar-refractivity contribution in [3.05, 3.63) is 87.4 Å². The molecule has 1 saturated carbocycles. The molecule has 5 rings (SSSR count). The average molecular weight is 479 g/mol. The second-order valence-corrected chi connectivity index (χ2v) is 9.49. The van der Waals surface area contributed by atoms with Gasteiger partial charge < -0.3 is 4.98 Å². The Morgan fingerprint density at radius 3 is 2.42 bits per heavy atom. The number of rotatable bonds is 5. The number of halogens is 2. The van der Waals surface area contributed by atoms with E-state index in [9.17, 15) is 4.39 Å². The first kappa shape index (κ1) is 21.9.